The molecule has 0 spiro atoms. The van der Waals surface area contributed by atoms with Gasteiger partial charge in [0.2, 0.25) is 0 Å². The monoisotopic (exact) mass is 394 g/mol. The van der Waals surface area contributed by atoms with E-state index >= 15 is 0 Å². The Morgan fingerprint density at radius 1 is 1.19 bits per heavy atom. The van der Waals surface area contributed by atoms with Gasteiger partial charge in [-0.05, 0) is 24.3 Å². The van der Waals surface area contributed by atoms with Gasteiger partial charge in [-0.1, -0.05) is 11.6 Å². The molecule has 0 aliphatic carbocycles. The molecule has 0 bridgehead atoms. The molecule has 0 radical (unpaired) electrons. The number of carbonyl (C=O) groups excluding carboxylic acids is 1. The van der Waals surface area contributed by atoms with Crippen molar-refractivity contribution in [3.8, 4) is 11.5 Å². The quantitative estimate of drug-likeness (QED) is 0.527. The van der Waals surface area contributed by atoms with Gasteiger partial charge in [-0.15, -0.1) is 0 Å². The van der Waals surface area contributed by atoms with E-state index in [-0.39, 0.29) is 23.9 Å². The highest BCUT2D eigenvalue weighted by Crippen LogP contribution is 2.28. The van der Waals surface area contributed by atoms with Gasteiger partial charge >= 0.3 is 0 Å². The number of nitrogens with zero attached hydrogens (tertiary/aromatic N) is 1. The summed E-state index contributed by atoms with van der Waals surface area (Å²) >= 11 is 6.03. The first kappa shape index (κ1) is 20.5. The Hall–Kier alpha value is -2.84. The smallest absolute Gasteiger partial charge is 0.279 e. The van der Waals surface area contributed by atoms with Crippen LogP contribution in [0.2, 0.25) is 5.02 Å². The third-order valence-corrected chi connectivity index (χ3v) is 4.10. The second-order valence-corrected chi connectivity index (χ2v) is 6.39. The Morgan fingerprint density at radius 3 is 2.52 bits per heavy atom. The van der Waals surface area contributed by atoms with Gasteiger partial charge in [-0.2, -0.15) is 0 Å². The summed E-state index contributed by atoms with van der Waals surface area (Å²) in [4.78, 5) is 23.6. The molecule has 1 atom stereocenters. The van der Waals surface area contributed by atoms with Crippen LogP contribution in [0.15, 0.2) is 36.4 Å². The molecule has 27 heavy (non-hydrogen) atoms. The lowest BCUT2D eigenvalue weighted by molar-refractivity contribution is -0.885. The van der Waals surface area contributed by atoms with E-state index in [9.17, 15) is 14.9 Å². The van der Waals surface area contributed by atoms with Gasteiger partial charge in [0.15, 0.2) is 6.54 Å². The third kappa shape index (κ3) is 5.57. The molecule has 2 N–H and O–H groups in total. The van der Waals surface area contributed by atoms with Crippen LogP contribution in [-0.4, -0.2) is 38.6 Å². The number of quaternary nitrogens is 1. The number of anilines is 1. The third-order valence-electron chi connectivity index (χ3n) is 3.87. The van der Waals surface area contributed by atoms with Crippen molar-refractivity contribution in [1.82, 2.24) is 0 Å². The van der Waals surface area contributed by atoms with Crippen molar-refractivity contribution in [2.45, 2.75) is 6.54 Å². The van der Waals surface area contributed by atoms with Gasteiger partial charge in [0.25, 0.3) is 11.6 Å². The summed E-state index contributed by atoms with van der Waals surface area (Å²) < 4.78 is 10.4. The molecule has 144 valence electrons. The molecule has 0 aromatic heterocycles. The van der Waals surface area contributed by atoms with Crippen molar-refractivity contribution in [2.24, 2.45) is 0 Å². The molecule has 0 saturated heterocycles. The van der Waals surface area contributed by atoms with Crippen molar-refractivity contribution in [1.29, 1.82) is 0 Å². The number of nitro groups is 1. The summed E-state index contributed by atoms with van der Waals surface area (Å²) in [5, 5.41) is 14.2. The van der Waals surface area contributed by atoms with Crippen LogP contribution < -0.4 is 19.7 Å². The minimum absolute atomic E-state index is 0.111. The van der Waals surface area contributed by atoms with Crippen molar-refractivity contribution >= 4 is 28.9 Å². The fourth-order valence-electron chi connectivity index (χ4n) is 2.64. The summed E-state index contributed by atoms with van der Waals surface area (Å²) in [6, 6.07) is 9.36. The maximum absolute atomic E-state index is 12.3. The molecular weight excluding hydrogens is 374 g/mol. The minimum Gasteiger partial charge on any atom is -0.496 e. The Bertz CT molecular complexity index is 844. The summed E-state index contributed by atoms with van der Waals surface area (Å²) in [6.07, 6.45) is 0. The Kier molecular flexibility index (Phi) is 6.98. The number of nitrogens with one attached hydrogen (secondary N) is 2. The molecule has 0 aliphatic heterocycles. The van der Waals surface area contributed by atoms with Gasteiger partial charge in [0.1, 0.15) is 18.0 Å². The highest BCUT2D eigenvalue weighted by atomic mass is 35.5. The number of hydrogen-bond acceptors (Lipinski definition) is 5. The molecule has 9 heteroatoms. The predicted molar refractivity (Wildman–Crippen MR) is 102 cm³/mol. The number of non-ortho nitro benzene ring substituents is 1. The standard InChI is InChI=1S/C18H20ClN3O5/c1-21(10-12-8-13(19)4-7-16(12)26-2)11-18(23)20-15-6-5-14(22(24)25)9-17(15)27-3/h4-9H,10-11H2,1-3H3,(H,20,23)/p+1. The molecule has 0 aliphatic rings. The summed E-state index contributed by atoms with van der Waals surface area (Å²) in [5.41, 5.74) is 1.16. The van der Waals surface area contributed by atoms with Crippen LogP contribution in [-0.2, 0) is 11.3 Å². The van der Waals surface area contributed by atoms with E-state index in [0.29, 0.717) is 23.0 Å². The number of methoxy groups -OCH3 is 2. The van der Waals surface area contributed by atoms with Crippen molar-refractivity contribution in [3.05, 3.63) is 57.1 Å². The first-order valence-corrected chi connectivity index (χ1v) is 8.47. The Labute approximate surface area is 161 Å². The number of benzene rings is 2. The van der Waals surface area contributed by atoms with E-state index in [4.69, 9.17) is 21.1 Å². The minimum atomic E-state index is -0.523. The molecule has 8 nitrogen and oxygen atoms in total. The number of carbonyl (C=O) groups is 1. The van der Waals surface area contributed by atoms with Gasteiger partial charge < -0.3 is 19.7 Å². The molecule has 2 aromatic carbocycles. The summed E-state index contributed by atoms with van der Waals surface area (Å²) in [7, 11) is 4.83. The maximum Gasteiger partial charge on any atom is 0.279 e. The zero-order valence-electron chi connectivity index (χ0n) is 15.2. The highest BCUT2D eigenvalue weighted by Gasteiger charge is 2.17. The fraction of sp³-hybridized carbons (Fsp3) is 0.278. The molecule has 2 rings (SSSR count). The van der Waals surface area contributed by atoms with Crippen molar-refractivity contribution in [2.75, 3.05) is 33.1 Å². The Morgan fingerprint density at radius 2 is 1.89 bits per heavy atom. The van der Waals surface area contributed by atoms with E-state index in [1.54, 1.807) is 25.3 Å². The van der Waals surface area contributed by atoms with Crippen LogP contribution >= 0.6 is 11.6 Å². The van der Waals surface area contributed by atoms with E-state index in [1.165, 1.54) is 25.3 Å². The van der Waals surface area contributed by atoms with E-state index in [0.717, 1.165) is 10.5 Å². The van der Waals surface area contributed by atoms with E-state index in [2.05, 4.69) is 5.32 Å². The molecule has 2 aromatic rings. The molecule has 0 heterocycles. The molecule has 1 amide bonds. The number of nitro benzene ring substituents is 1. The summed E-state index contributed by atoms with van der Waals surface area (Å²) in [6.45, 7) is 0.713. The highest BCUT2D eigenvalue weighted by molar-refractivity contribution is 6.30. The lowest BCUT2D eigenvalue weighted by Gasteiger charge is -2.16. The number of rotatable bonds is 8. The topological polar surface area (TPSA) is 95.1 Å². The predicted octanol–water partition coefficient (Wildman–Crippen LogP) is 1.92. The van der Waals surface area contributed by atoms with Crippen LogP contribution in [0.3, 0.4) is 0 Å². The van der Waals surface area contributed by atoms with Crippen LogP contribution in [0.4, 0.5) is 11.4 Å². The average molecular weight is 395 g/mol. The molecular formula is C18H21ClN3O5+. The average Bonchev–Trinajstić information content (AvgIpc) is 2.61. The van der Waals surface area contributed by atoms with Crippen LogP contribution in [0.5, 0.6) is 11.5 Å². The van der Waals surface area contributed by atoms with Crippen LogP contribution in [0.1, 0.15) is 5.56 Å². The first-order chi connectivity index (χ1) is 12.8. The number of hydrogen-bond donors (Lipinski definition) is 2. The molecule has 0 saturated carbocycles. The Balaban J connectivity index is 2.03. The second-order valence-electron chi connectivity index (χ2n) is 5.96. The lowest BCUT2D eigenvalue weighted by Crippen LogP contribution is -3.08. The normalized spacial score (nSPS) is 11.6. The molecule has 0 fully saturated rings. The lowest BCUT2D eigenvalue weighted by atomic mass is 10.2. The van der Waals surface area contributed by atoms with Crippen LogP contribution in [0, 0.1) is 10.1 Å². The van der Waals surface area contributed by atoms with Gasteiger partial charge in [-0.25, -0.2) is 0 Å². The zero-order valence-corrected chi connectivity index (χ0v) is 16.0. The van der Waals surface area contributed by atoms with E-state index < -0.39 is 4.92 Å². The fourth-order valence-corrected chi connectivity index (χ4v) is 2.83. The van der Waals surface area contributed by atoms with Crippen LogP contribution in [0.25, 0.3) is 0 Å². The first-order valence-electron chi connectivity index (χ1n) is 8.10. The number of ether oxygens (including phenoxy) is 2. The number of amides is 1. The maximum atomic E-state index is 12.3. The second kappa shape index (κ2) is 9.20. The van der Waals surface area contributed by atoms with E-state index in [1.807, 2.05) is 7.05 Å². The SMILES string of the molecule is COc1ccc(Cl)cc1C[NH+](C)CC(=O)Nc1ccc([N+](=O)[O-])cc1OC. The number of likely N-dealkylation sites (N-methyl/N-ethyl adjacent to an activating group) is 1. The molecule has 1 unspecified atom stereocenters. The van der Waals surface area contributed by atoms with Gasteiger partial charge in [0, 0.05) is 16.7 Å². The van der Waals surface area contributed by atoms with Crippen molar-refractivity contribution in [3.63, 3.8) is 0 Å². The summed E-state index contributed by atoms with van der Waals surface area (Å²) in [5.74, 6) is 0.684. The van der Waals surface area contributed by atoms with Crippen molar-refractivity contribution < 1.29 is 24.1 Å². The number of halogens is 1. The van der Waals surface area contributed by atoms with Gasteiger partial charge in [0.05, 0.1) is 37.9 Å². The largest absolute Gasteiger partial charge is 0.496 e. The van der Waals surface area contributed by atoms with Gasteiger partial charge in [-0.3, -0.25) is 14.9 Å². The zero-order chi connectivity index (χ0) is 20.0.